The van der Waals surface area contributed by atoms with E-state index in [-0.39, 0.29) is 43.7 Å². The number of likely N-dealkylation sites (tertiary alicyclic amines) is 1. The highest BCUT2D eigenvalue weighted by Crippen LogP contribution is 2.44. The van der Waals surface area contributed by atoms with Gasteiger partial charge in [0.2, 0.25) is 5.91 Å². The molecule has 0 bridgehead atoms. The Bertz CT molecular complexity index is 1020. The lowest BCUT2D eigenvalue weighted by Crippen LogP contribution is -2.51. The Morgan fingerprint density at radius 2 is 1.69 bits per heavy atom. The van der Waals surface area contributed by atoms with Crippen molar-refractivity contribution >= 4 is 18.0 Å². The maximum atomic E-state index is 12.6. The molecule has 1 fully saturated rings. The summed E-state index contributed by atoms with van der Waals surface area (Å²) >= 11 is 0. The Morgan fingerprint density at radius 1 is 1.06 bits per heavy atom. The van der Waals surface area contributed by atoms with Crippen LogP contribution in [0.15, 0.2) is 48.5 Å². The van der Waals surface area contributed by atoms with Gasteiger partial charge in [-0.05, 0) is 41.5 Å². The van der Waals surface area contributed by atoms with Crippen LogP contribution >= 0.6 is 0 Å². The van der Waals surface area contributed by atoms with E-state index in [0.717, 1.165) is 11.1 Å². The van der Waals surface area contributed by atoms with Crippen molar-refractivity contribution in [1.82, 2.24) is 10.2 Å². The average Bonchev–Trinajstić information content (AvgIpc) is 3.14. The molecular weight excluding hydrogens is 448 g/mol. The van der Waals surface area contributed by atoms with Gasteiger partial charge in [-0.25, -0.2) is 4.79 Å². The zero-order chi connectivity index (χ0) is 24.8. The molecule has 0 saturated carbocycles. The largest absolute Gasteiger partial charge is 0.481 e. The molecule has 1 unspecified atom stereocenters. The van der Waals surface area contributed by atoms with E-state index >= 15 is 0 Å². The summed E-state index contributed by atoms with van der Waals surface area (Å²) in [4.78, 5) is 37.4. The number of carboxylic acids is 1. The van der Waals surface area contributed by atoms with Crippen LogP contribution in [0.5, 0.6) is 0 Å². The van der Waals surface area contributed by atoms with Crippen molar-refractivity contribution in [2.24, 2.45) is 5.92 Å². The molecule has 186 valence electrons. The van der Waals surface area contributed by atoms with Gasteiger partial charge < -0.3 is 24.8 Å². The van der Waals surface area contributed by atoms with Crippen LogP contribution in [0.1, 0.15) is 43.2 Å². The van der Waals surface area contributed by atoms with Crippen molar-refractivity contribution < 1.29 is 29.0 Å². The van der Waals surface area contributed by atoms with Crippen LogP contribution in [-0.2, 0) is 19.1 Å². The Kier molecular flexibility index (Phi) is 8.02. The fourth-order valence-electron chi connectivity index (χ4n) is 4.88. The van der Waals surface area contributed by atoms with Gasteiger partial charge in [-0.15, -0.1) is 0 Å². The Hall–Kier alpha value is -3.39. The summed E-state index contributed by atoms with van der Waals surface area (Å²) in [5, 5.41) is 11.5. The Balaban J connectivity index is 1.24. The number of rotatable bonds is 11. The number of carbonyl (C=O) groups excluding carboxylic acids is 2. The molecule has 2 aromatic rings. The van der Waals surface area contributed by atoms with Gasteiger partial charge in [-0.2, -0.15) is 0 Å². The first-order valence-corrected chi connectivity index (χ1v) is 12.2. The molecule has 4 rings (SSSR count). The topological polar surface area (TPSA) is 105 Å². The molecule has 2 N–H and O–H groups in total. The van der Waals surface area contributed by atoms with E-state index in [4.69, 9.17) is 14.6 Å². The normalized spacial score (nSPS) is 15.6. The van der Waals surface area contributed by atoms with Crippen molar-refractivity contribution in [2.45, 2.75) is 38.2 Å². The monoisotopic (exact) mass is 480 g/mol. The van der Waals surface area contributed by atoms with E-state index in [0.29, 0.717) is 26.1 Å². The fourth-order valence-corrected chi connectivity index (χ4v) is 4.88. The molecule has 1 atom stereocenters. The lowest BCUT2D eigenvalue weighted by atomic mass is 9.94. The highest BCUT2D eigenvalue weighted by Gasteiger charge is 2.32. The molecule has 0 aromatic heterocycles. The van der Waals surface area contributed by atoms with Crippen molar-refractivity contribution in [3.05, 3.63) is 59.7 Å². The van der Waals surface area contributed by atoms with Crippen LogP contribution in [0, 0.1) is 5.92 Å². The van der Waals surface area contributed by atoms with Gasteiger partial charge in [0.15, 0.2) is 0 Å². The molecule has 1 heterocycles. The lowest BCUT2D eigenvalue weighted by molar-refractivity contribution is -0.141. The van der Waals surface area contributed by atoms with Crippen LogP contribution in [0.25, 0.3) is 11.1 Å². The van der Waals surface area contributed by atoms with E-state index in [1.165, 1.54) is 11.1 Å². The Morgan fingerprint density at radius 3 is 2.29 bits per heavy atom. The molecule has 1 aliphatic heterocycles. The number of carbonyl (C=O) groups is 3. The number of aliphatic carboxylic acids is 1. The van der Waals surface area contributed by atoms with E-state index in [1.807, 2.05) is 31.2 Å². The highest BCUT2D eigenvalue weighted by atomic mass is 16.5. The van der Waals surface area contributed by atoms with E-state index in [9.17, 15) is 14.4 Å². The van der Waals surface area contributed by atoms with Gasteiger partial charge in [0.1, 0.15) is 6.61 Å². The summed E-state index contributed by atoms with van der Waals surface area (Å²) in [5.74, 6) is -0.646. The molecule has 1 saturated heterocycles. The maximum absolute atomic E-state index is 12.6. The molecular formula is C27H32N2O6. The smallest absolute Gasteiger partial charge is 0.407 e. The maximum Gasteiger partial charge on any atom is 0.407 e. The number of nitrogens with zero attached hydrogens (tertiary/aromatic N) is 1. The zero-order valence-corrected chi connectivity index (χ0v) is 19.9. The molecule has 2 aromatic carbocycles. The number of ether oxygens (including phenoxy) is 2. The quantitative estimate of drug-likeness (QED) is 0.509. The van der Waals surface area contributed by atoms with E-state index in [1.54, 1.807) is 4.90 Å². The van der Waals surface area contributed by atoms with Crippen LogP contribution < -0.4 is 5.32 Å². The minimum absolute atomic E-state index is 0.0158. The summed E-state index contributed by atoms with van der Waals surface area (Å²) in [6.45, 7) is 3.81. The average molecular weight is 481 g/mol. The predicted octanol–water partition coefficient (Wildman–Crippen LogP) is 3.64. The van der Waals surface area contributed by atoms with Gasteiger partial charge >= 0.3 is 12.1 Å². The van der Waals surface area contributed by atoms with Gasteiger partial charge in [0, 0.05) is 38.6 Å². The molecule has 0 radical (unpaired) electrons. The molecule has 8 nitrogen and oxygen atoms in total. The lowest BCUT2D eigenvalue weighted by Gasteiger charge is -2.39. The second-order valence-electron chi connectivity index (χ2n) is 9.09. The SMILES string of the molecule is CCOC(CNC(=O)OCC1c2ccccc2-c2ccccc21)CC(=O)N1CC(CCC(=O)O)C1. The number of alkyl carbamates (subject to hydrolysis) is 1. The fraction of sp³-hybridized carbons (Fsp3) is 0.444. The van der Waals surface area contributed by atoms with Crippen molar-refractivity contribution in [3.63, 3.8) is 0 Å². The third kappa shape index (κ3) is 6.00. The summed E-state index contributed by atoms with van der Waals surface area (Å²) in [6.07, 6.45) is -0.133. The number of benzene rings is 2. The molecule has 1 aliphatic carbocycles. The first-order valence-electron chi connectivity index (χ1n) is 12.2. The molecule has 0 spiro atoms. The molecule has 35 heavy (non-hydrogen) atoms. The van der Waals surface area contributed by atoms with E-state index < -0.39 is 18.2 Å². The summed E-state index contributed by atoms with van der Waals surface area (Å²) in [6, 6.07) is 16.3. The molecule has 2 amide bonds. The third-order valence-corrected chi connectivity index (χ3v) is 6.70. The first-order chi connectivity index (χ1) is 17.0. The summed E-state index contributed by atoms with van der Waals surface area (Å²) < 4.78 is 11.2. The van der Waals surface area contributed by atoms with Gasteiger partial charge in [-0.1, -0.05) is 48.5 Å². The minimum atomic E-state index is -0.814. The van der Waals surface area contributed by atoms with Crippen LogP contribution in [0.3, 0.4) is 0 Å². The number of hydrogen-bond acceptors (Lipinski definition) is 5. The van der Waals surface area contributed by atoms with E-state index in [2.05, 4.69) is 29.6 Å². The number of amides is 2. The highest BCUT2D eigenvalue weighted by molar-refractivity contribution is 5.79. The van der Waals surface area contributed by atoms with Crippen LogP contribution in [0.2, 0.25) is 0 Å². The van der Waals surface area contributed by atoms with Crippen molar-refractivity contribution in [3.8, 4) is 11.1 Å². The van der Waals surface area contributed by atoms with Gasteiger partial charge in [0.05, 0.1) is 12.5 Å². The number of hydrogen-bond donors (Lipinski definition) is 2. The predicted molar refractivity (Wildman–Crippen MR) is 130 cm³/mol. The van der Waals surface area contributed by atoms with Gasteiger partial charge in [0.25, 0.3) is 0 Å². The second kappa shape index (κ2) is 11.4. The van der Waals surface area contributed by atoms with Gasteiger partial charge in [-0.3, -0.25) is 9.59 Å². The summed E-state index contributed by atoms with van der Waals surface area (Å²) in [5.41, 5.74) is 4.64. The number of fused-ring (bicyclic) bond motifs is 3. The van der Waals surface area contributed by atoms with Crippen molar-refractivity contribution in [1.29, 1.82) is 0 Å². The van der Waals surface area contributed by atoms with Crippen molar-refractivity contribution in [2.75, 3.05) is 32.8 Å². The third-order valence-electron chi connectivity index (χ3n) is 6.70. The summed E-state index contributed by atoms with van der Waals surface area (Å²) in [7, 11) is 0. The first kappa shape index (κ1) is 24.7. The number of carboxylic acid groups (broad SMARTS) is 1. The van der Waals surface area contributed by atoms with Crippen LogP contribution in [-0.4, -0.2) is 66.9 Å². The standard InChI is InChI=1S/C27H32N2O6/c1-2-34-19(13-25(30)29-15-18(16-29)11-12-26(31)32)14-28-27(33)35-17-24-22-9-5-3-7-20(22)21-8-4-6-10-23(21)24/h3-10,18-19,24H,2,11-17H2,1H3,(H,28,33)(H,31,32). The molecule has 8 heteroatoms. The second-order valence-corrected chi connectivity index (χ2v) is 9.09. The molecule has 2 aliphatic rings. The van der Waals surface area contributed by atoms with Crippen LogP contribution in [0.4, 0.5) is 4.79 Å². The minimum Gasteiger partial charge on any atom is -0.481 e. The number of nitrogens with one attached hydrogen (secondary N) is 1. The Labute approximate surface area is 205 Å². The zero-order valence-electron chi connectivity index (χ0n) is 19.9.